The smallest absolute Gasteiger partial charge is 0.123 e. The van der Waals surface area contributed by atoms with Gasteiger partial charge in [-0.2, -0.15) is 0 Å². The Bertz CT molecular complexity index is 260. The number of nitrogens with zero attached hydrogens (tertiary/aromatic N) is 1. The van der Waals surface area contributed by atoms with E-state index in [1.165, 1.54) is 0 Å². The van der Waals surface area contributed by atoms with Crippen LogP contribution >= 0.6 is 0 Å². The molecule has 1 aromatic rings. The maximum atomic E-state index is 5.92. The van der Waals surface area contributed by atoms with Gasteiger partial charge >= 0.3 is 0 Å². The molecular formula is C10H19N3O. The molecule has 0 amide bonds. The summed E-state index contributed by atoms with van der Waals surface area (Å²) in [6, 6.07) is -0.0412. The molecule has 0 aliphatic rings. The first-order valence-corrected chi connectivity index (χ1v) is 5.06. The largest absolute Gasteiger partial charge is 0.385 e. The summed E-state index contributed by atoms with van der Waals surface area (Å²) in [5, 5.41) is 0. The van der Waals surface area contributed by atoms with E-state index in [-0.39, 0.29) is 6.04 Å². The van der Waals surface area contributed by atoms with E-state index >= 15 is 0 Å². The average Bonchev–Trinajstić information content (AvgIpc) is 2.63. The highest BCUT2D eigenvalue weighted by molar-refractivity contribution is 5.04. The van der Waals surface area contributed by atoms with Gasteiger partial charge in [-0.05, 0) is 12.8 Å². The lowest BCUT2D eigenvalue weighted by Crippen LogP contribution is -2.14. The zero-order valence-corrected chi connectivity index (χ0v) is 8.92. The van der Waals surface area contributed by atoms with Gasteiger partial charge in [0.25, 0.3) is 0 Å². The van der Waals surface area contributed by atoms with E-state index < -0.39 is 0 Å². The van der Waals surface area contributed by atoms with Crippen LogP contribution in [0.1, 0.15) is 37.3 Å². The van der Waals surface area contributed by atoms with Crippen LogP contribution in [0.3, 0.4) is 0 Å². The molecule has 0 aliphatic heterocycles. The van der Waals surface area contributed by atoms with E-state index in [0.29, 0.717) is 6.61 Å². The molecule has 0 saturated heterocycles. The van der Waals surface area contributed by atoms with Gasteiger partial charge in [-0.1, -0.05) is 13.3 Å². The van der Waals surface area contributed by atoms with Crippen molar-refractivity contribution in [1.29, 1.82) is 0 Å². The first-order valence-electron chi connectivity index (χ1n) is 5.06. The molecule has 14 heavy (non-hydrogen) atoms. The third kappa shape index (κ3) is 3.12. The summed E-state index contributed by atoms with van der Waals surface area (Å²) in [4.78, 5) is 7.48. The van der Waals surface area contributed by atoms with Crippen molar-refractivity contribution in [2.24, 2.45) is 5.73 Å². The second kappa shape index (κ2) is 5.78. The van der Waals surface area contributed by atoms with E-state index in [9.17, 15) is 0 Å². The molecular weight excluding hydrogens is 178 g/mol. The molecule has 4 nitrogen and oxygen atoms in total. The molecule has 1 aromatic heterocycles. The maximum absolute atomic E-state index is 5.92. The molecule has 1 heterocycles. The van der Waals surface area contributed by atoms with E-state index in [1.54, 1.807) is 7.11 Å². The zero-order valence-electron chi connectivity index (χ0n) is 8.92. The summed E-state index contributed by atoms with van der Waals surface area (Å²) < 4.78 is 4.97. The zero-order chi connectivity index (χ0) is 10.4. The normalized spacial score (nSPS) is 13.1. The summed E-state index contributed by atoms with van der Waals surface area (Å²) in [5.41, 5.74) is 7.08. The molecule has 0 radical (unpaired) electrons. The molecule has 1 rings (SSSR count). The van der Waals surface area contributed by atoms with Crippen molar-refractivity contribution in [1.82, 2.24) is 9.97 Å². The van der Waals surface area contributed by atoms with Crippen molar-refractivity contribution in [2.75, 3.05) is 13.7 Å². The molecule has 0 aromatic carbocycles. The highest BCUT2D eigenvalue weighted by Gasteiger charge is 2.09. The van der Waals surface area contributed by atoms with Crippen molar-refractivity contribution >= 4 is 0 Å². The number of rotatable bonds is 6. The van der Waals surface area contributed by atoms with Crippen molar-refractivity contribution in [2.45, 2.75) is 32.2 Å². The summed E-state index contributed by atoms with van der Waals surface area (Å²) in [5.74, 6) is 0.866. The highest BCUT2D eigenvalue weighted by Crippen LogP contribution is 2.10. The average molecular weight is 197 g/mol. The Hall–Kier alpha value is -0.870. The quantitative estimate of drug-likeness (QED) is 0.724. The van der Waals surface area contributed by atoms with Crippen LogP contribution in [0.15, 0.2) is 6.20 Å². The molecule has 0 bridgehead atoms. The van der Waals surface area contributed by atoms with Crippen molar-refractivity contribution < 1.29 is 4.74 Å². The summed E-state index contributed by atoms with van der Waals surface area (Å²) >= 11 is 0. The Morgan fingerprint density at radius 2 is 2.43 bits per heavy atom. The summed E-state index contributed by atoms with van der Waals surface area (Å²) in [6.07, 6.45) is 4.82. The first kappa shape index (κ1) is 11.2. The predicted octanol–water partition coefficient (Wildman–Crippen LogP) is 1.40. The van der Waals surface area contributed by atoms with Gasteiger partial charge in [0, 0.05) is 25.6 Å². The SMILES string of the molecule is CCCc1cnc(C(N)CCOC)[nH]1. The third-order valence-corrected chi connectivity index (χ3v) is 2.15. The number of aromatic amines is 1. The fourth-order valence-corrected chi connectivity index (χ4v) is 1.34. The molecule has 1 atom stereocenters. The Morgan fingerprint density at radius 3 is 3.07 bits per heavy atom. The number of H-pyrrole nitrogens is 1. The molecule has 80 valence electrons. The highest BCUT2D eigenvalue weighted by atomic mass is 16.5. The van der Waals surface area contributed by atoms with E-state index in [4.69, 9.17) is 10.5 Å². The number of aryl methyl sites for hydroxylation is 1. The van der Waals surface area contributed by atoms with Crippen LogP contribution in [-0.2, 0) is 11.2 Å². The molecule has 0 spiro atoms. The Labute approximate surface area is 84.9 Å². The van der Waals surface area contributed by atoms with Crippen LogP contribution in [-0.4, -0.2) is 23.7 Å². The summed E-state index contributed by atoms with van der Waals surface area (Å²) in [7, 11) is 1.68. The van der Waals surface area contributed by atoms with Gasteiger partial charge in [-0.25, -0.2) is 4.98 Å². The molecule has 0 saturated carbocycles. The van der Waals surface area contributed by atoms with Gasteiger partial charge in [0.15, 0.2) is 0 Å². The minimum atomic E-state index is -0.0412. The van der Waals surface area contributed by atoms with Crippen LogP contribution < -0.4 is 5.73 Å². The lowest BCUT2D eigenvalue weighted by Gasteiger charge is -2.07. The fourth-order valence-electron chi connectivity index (χ4n) is 1.34. The minimum Gasteiger partial charge on any atom is -0.385 e. The number of imidazole rings is 1. The molecule has 1 unspecified atom stereocenters. The van der Waals surface area contributed by atoms with Gasteiger partial charge in [0.05, 0.1) is 6.04 Å². The van der Waals surface area contributed by atoms with Crippen molar-refractivity contribution in [3.8, 4) is 0 Å². The van der Waals surface area contributed by atoms with Crippen LogP contribution in [0.4, 0.5) is 0 Å². The molecule has 4 heteroatoms. The van der Waals surface area contributed by atoms with Gasteiger partial charge in [0.2, 0.25) is 0 Å². The fraction of sp³-hybridized carbons (Fsp3) is 0.700. The molecule has 0 aliphatic carbocycles. The van der Waals surface area contributed by atoms with Crippen LogP contribution in [0.2, 0.25) is 0 Å². The third-order valence-electron chi connectivity index (χ3n) is 2.15. The number of hydrogen-bond donors (Lipinski definition) is 2. The monoisotopic (exact) mass is 197 g/mol. The minimum absolute atomic E-state index is 0.0412. The van der Waals surface area contributed by atoms with Gasteiger partial charge < -0.3 is 15.5 Å². The summed E-state index contributed by atoms with van der Waals surface area (Å²) in [6.45, 7) is 2.82. The van der Waals surface area contributed by atoms with Gasteiger partial charge in [0.1, 0.15) is 5.82 Å². The second-order valence-electron chi connectivity index (χ2n) is 3.43. The number of ether oxygens (including phenoxy) is 1. The van der Waals surface area contributed by atoms with Crippen LogP contribution in [0, 0.1) is 0 Å². The molecule has 3 N–H and O–H groups in total. The maximum Gasteiger partial charge on any atom is 0.123 e. The Kier molecular flexibility index (Phi) is 4.62. The van der Waals surface area contributed by atoms with Crippen molar-refractivity contribution in [3.63, 3.8) is 0 Å². The predicted molar refractivity (Wildman–Crippen MR) is 56.0 cm³/mol. The molecule has 0 fully saturated rings. The van der Waals surface area contributed by atoms with Crippen LogP contribution in [0.25, 0.3) is 0 Å². The number of hydrogen-bond acceptors (Lipinski definition) is 3. The van der Waals surface area contributed by atoms with E-state index in [0.717, 1.165) is 30.8 Å². The standard InChI is InChI=1S/C10H19N3O/c1-3-4-8-7-12-10(13-8)9(11)5-6-14-2/h7,9H,3-6,11H2,1-2H3,(H,12,13). The van der Waals surface area contributed by atoms with E-state index in [2.05, 4.69) is 16.9 Å². The first-order chi connectivity index (χ1) is 6.77. The van der Waals surface area contributed by atoms with Crippen molar-refractivity contribution in [3.05, 3.63) is 17.7 Å². The number of nitrogens with one attached hydrogen (secondary N) is 1. The van der Waals surface area contributed by atoms with Gasteiger partial charge in [-0.3, -0.25) is 0 Å². The Morgan fingerprint density at radius 1 is 1.64 bits per heavy atom. The lowest BCUT2D eigenvalue weighted by molar-refractivity contribution is 0.187. The van der Waals surface area contributed by atoms with Crippen LogP contribution in [0.5, 0.6) is 0 Å². The number of nitrogens with two attached hydrogens (primary N) is 1. The lowest BCUT2D eigenvalue weighted by atomic mass is 10.2. The number of aromatic nitrogens is 2. The second-order valence-corrected chi connectivity index (χ2v) is 3.43. The Balaban J connectivity index is 2.48. The van der Waals surface area contributed by atoms with E-state index in [1.807, 2.05) is 6.20 Å². The number of methoxy groups -OCH3 is 1. The van der Waals surface area contributed by atoms with Gasteiger partial charge in [-0.15, -0.1) is 0 Å². The topological polar surface area (TPSA) is 63.9 Å².